The summed E-state index contributed by atoms with van der Waals surface area (Å²) < 4.78 is 10.6. The number of rotatable bonds is 6. The van der Waals surface area contributed by atoms with Crippen molar-refractivity contribution in [2.24, 2.45) is 0 Å². The third-order valence-electron chi connectivity index (χ3n) is 6.47. The Kier molecular flexibility index (Phi) is 6.28. The van der Waals surface area contributed by atoms with E-state index in [4.69, 9.17) is 9.47 Å². The fourth-order valence-corrected chi connectivity index (χ4v) is 4.68. The molecule has 36 heavy (non-hydrogen) atoms. The Balaban J connectivity index is 1.37. The lowest BCUT2D eigenvalue weighted by atomic mass is 10.0. The summed E-state index contributed by atoms with van der Waals surface area (Å²) in [6.45, 7) is 3.84. The van der Waals surface area contributed by atoms with Crippen molar-refractivity contribution in [1.29, 1.82) is 0 Å². The number of aromatic nitrogens is 2. The van der Waals surface area contributed by atoms with Crippen LogP contribution in [0.5, 0.6) is 5.75 Å². The van der Waals surface area contributed by atoms with E-state index in [1.807, 2.05) is 30.3 Å². The molecule has 1 aliphatic rings. The second kappa shape index (κ2) is 9.69. The summed E-state index contributed by atoms with van der Waals surface area (Å²) in [6, 6.07) is 13.2. The van der Waals surface area contributed by atoms with E-state index in [0.717, 1.165) is 16.6 Å². The topological polar surface area (TPSA) is 105 Å². The van der Waals surface area contributed by atoms with Crippen molar-refractivity contribution in [1.82, 2.24) is 14.9 Å². The summed E-state index contributed by atoms with van der Waals surface area (Å²) >= 11 is 0. The predicted molar refractivity (Wildman–Crippen MR) is 136 cm³/mol. The van der Waals surface area contributed by atoms with Gasteiger partial charge in [-0.05, 0) is 30.5 Å². The Morgan fingerprint density at radius 3 is 2.53 bits per heavy atom. The largest absolute Gasteiger partial charge is 0.496 e. The summed E-state index contributed by atoms with van der Waals surface area (Å²) in [5, 5.41) is 2.55. The molecule has 2 aromatic carbocycles. The Morgan fingerprint density at radius 1 is 1.00 bits per heavy atom. The quantitative estimate of drug-likeness (QED) is 0.253. The van der Waals surface area contributed by atoms with E-state index in [1.165, 1.54) is 13.3 Å². The molecule has 1 N–H and O–H groups in total. The highest BCUT2D eigenvalue weighted by Gasteiger charge is 2.31. The highest BCUT2D eigenvalue weighted by molar-refractivity contribution is 6.45. The molecule has 3 heterocycles. The summed E-state index contributed by atoms with van der Waals surface area (Å²) in [5.41, 5.74) is 0.835. The second-order valence-electron chi connectivity index (χ2n) is 8.45. The molecule has 1 saturated heterocycles. The average molecular weight is 487 g/mol. The number of nitrogens with zero attached hydrogens (tertiary/aromatic N) is 3. The number of methoxy groups -OCH3 is 1. The maximum atomic E-state index is 13.3. The SMILES string of the molecule is CCOC(=O)c1ccc(OC)c2c(C(=O)C(=O)N3CCN(c4nccc5ccccc45)CC3)c[nH]c12. The normalized spacial score (nSPS) is 13.7. The van der Waals surface area contributed by atoms with Crippen molar-refractivity contribution < 1.29 is 23.9 Å². The van der Waals surface area contributed by atoms with Gasteiger partial charge in [-0.1, -0.05) is 24.3 Å². The minimum absolute atomic E-state index is 0.163. The van der Waals surface area contributed by atoms with Gasteiger partial charge in [-0.2, -0.15) is 0 Å². The molecule has 0 spiro atoms. The van der Waals surface area contributed by atoms with Crippen LogP contribution in [0.1, 0.15) is 27.6 Å². The monoisotopic (exact) mass is 486 g/mol. The number of esters is 1. The first-order valence-electron chi connectivity index (χ1n) is 11.8. The summed E-state index contributed by atoms with van der Waals surface area (Å²) in [6.07, 6.45) is 3.24. The van der Waals surface area contributed by atoms with Gasteiger partial charge in [0, 0.05) is 44.0 Å². The van der Waals surface area contributed by atoms with Crippen molar-refractivity contribution in [3.05, 3.63) is 66.0 Å². The van der Waals surface area contributed by atoms with Gasteiger partial charge in [-0.3, -0.25) is 9.59 Å². The number of hydrogen-bond acceptors (Lipinski definition) is 7. The first kappa shape index (κ1) is 23.3. The number of anilines is 1. The fraction of sp³-hybridized carbons (Fsp3) is 0.259. The van der Waals surface area contributed by atoms with Crippen LogP contribution in [0.4, 0.5) is 5.82 Å². The smallest absolute Gasteiger partial charge is 0.340 e. The standard InChI is InChI=1S/C27H26N4O5/c1-3-36-27(34)19-8-9-21(35-2)22-20(16-29-23(19)22)24(32)26(33)31-14-12-30(13-15-31)25-18-7-5-4-6-17(18)10-11-28-25/h4-11,16,29H,3,12-15H2,1-2H3. The number of H-pyrrole nitrogens is 1. The molecular formula is C27H26N4O5. The molecule has 0 radical (unpaired) electrons. The average Bonchev–Trinajstić information content (AvgIpc) is 3.37. The number of pyridine rings is 1. The molecule has 1 aliphatic heterocycles. The van der Waals surface area contributed by atoms with E-state index >= 15 is 0 Å². The van der Waals surface area contributed by atoms with Crippen LogP contribution in [0.25, 0.3) is 21.7 Å². The van der Waals surface area contributed by atoms with Crippen LogP contribution >= 0.6 is 0 Å². The zero-order chi connectivity index (χ0) is 25.2. The van der Waals surface area contributed by atoms with Crippen molar-refractivity contribution in [3.8, 4) is 5.75 Å². The molecular weight excluding hydrogens is 460 g/mol. The first-order chi connectivity index (χ1) is 17.5. The lowest BCUT2D eigenvalue weighted by molar-refractivity contribution is -0.126. The van der Waals surface area contributed by atoms with Crippen LogP contribution in [0, 0.1) is 0 Å². The Hall–Kier alpha value is -4.40. The van der Waals surface area contributed by atoms with Gasteiger partial charge in [0.1, 0.15) is 11.6 Å². The molecule has 1 fully saturated rings. The number of ketones is 1. The van der Waals surface area contributed by atoms with Crippen LogP contribution in [-0.4, -0.2) is 72.4 Å². The molecule has 184 valence electrons. The van der Waals surface area contributed by atoms with E-state index < -0.39 is 17.7 Å². The molecule has 9 nitrogen and oxygen atoms in total. The second-order valence-corrected chi connectivity index (χ2v) is 8.45. The minimum Gasteiger partial charge on any atom is -0.496 e. The van der Waals surface area contributed by atoms with Crippen molar-refractivity contribution in [2.45, 2.75) is 6.92 Å². The molecule has 0 aliphatic carbocycles. The van der Waals surface area contributed by atoms with Crippen LogP contribution in [-0.2, 0) is 9.53 Å². The lowest BCUT2D eigenvalue weighted by Crippen LogP contribution is -2.50. The van der Waals surface area contributed by atoms with Gasteiger partial charge in [0.25, 0.3) is 11.7 Å². The molecule has 5 rings (SSSR count). The molecule has 0 atom stereocenters. The first-order valence-corrected chi connectivity index (χ1v) is 11.8. The number of nitrogens with one attached hydrogen (secondary N) is 1. The summed E-state index contributed by atoms with van der Waals surface area (Å²) in [4.78, 5) is 50.1. The minimum atomic E-state index is -0.655. The fourth-order valence-electron chi connectivity index (χ4n) is 4.68. The van der Waals surface area contributed by atoms with Gasteiger partial charge < -0.3 is 24.3 Å². The summed E-state index contributed by atoms with van der Waals surface area (Å²) in [7, 11) is 1.47. The predicted octanol–water partition coefficient (Wildman–Crippen LogP) is 3.43. The number of benzene rings is 2. The number of carbonyl (C=O) groups excluding carboxylic acids is 3. The molecule has 0 saturated carbocycles. The number of ether oxygens (including phenoxy) is 2. The highest BCUT2D eigenvalue weighted by Crippen LogP contribution is 2.32. The van der Waals surface area contributed by atoms with Gasteiger partial charge in [-0.15, -0.1) is 0 Å². The third-order valence-corrected chi connectivity index (χ3v) is 6.47. The zero-order valence-electron chi connectivity index (χ0n) is 20.1. The number of fused-ring (bicyclic) bond motifs is 2. The van der Waals surface area contributed by atoms with Crippen LogP contribution < -0.4 is 9.64 Å². The van der Waals surface area contributed by atoms with E-state index in [2.05, 4.69) is 14.9 Å². The van der Waals surface area contributed by atoms with Crippen LogP contribution in [0.15, 0.2) is 54.9 Å². The van der Waals surface area contributed by atoms with Crippen molar-refractivity contribution in [3.63, 3.8) is 0 Å². The molecule has 1 amide bonds. The number of piperazine rings is 1. The number of Topliss-reactive ketones (excluding diaryl/α,β-unsaturated/α-hetero) is 1. The highest BCUT2D eigenvalue weighted by atomic mass is 16.5. The summed E-state index contributed by atoms with van der Waals surface area (Å²) in [5.74, 6) is -0.500. The van der Waals surface area contributed by atoms with Crippen LogP contribution in [0.2, 0.25) is 0 Å². The van der Waals surface area contributed by atoms with Crippen molar-refractivity contribution in [2.75, 3.05) is 44.8 Å². The van der Waals surface area contributed by atoms with Crippen LogP contribution in [0.3, 0.4) is 0 Å². The number of aromatic amines is 1. The lowest BCUT2D eigenvalue weighted by Gasteiger charge is -2.35. The van der Waals surface area contributed by atoms with E-state index in [9.17, 15) is 14.4 Å². The Labute approximate surface area is 207 Å². The van der Waals surface area contributed by atoms with Gasteiger partial charge >= 0.3 is 5.97 Å². The number of amides is 1. The van der Waals surface area contributed by atoms with Gasteiger partial charge in [0.2, 0.25) is 0 Å². The number of hydrogen-bond donors (Lipinski definition) is 1. The molecule has 0 bridgehead atoms. The maximum absolute atomic E-state index is 13.3. The molecule has 9 heteroatoms. The number of carbonyl (C=O) groups is 3. The molecule has 0 unspecified atom stereocenters. The van der Waals surface area contributed by atoms with E-state index in [0.29, 0.717) is 42.8 Å². The Bertz CT molecular complexity index is 1460. The third kappa shape index (κ3) is 4.02. The zero-order valence-corrected chi connectivity index (χ0v) is 20.1. The Morgan fingerprint density at radius 2 is 1.78 bits per heavy atom. The molecule has 2 aromatic heterocycles. The molecule has 4 aromatic rings. The maximum Gasteiger partial charge on any atom is 0.340 e. The van der Waals surface area contributed by atoms with Crippen molar-refractivity contribution >= 4 is 45.2 Å². The van der Waals surface area contributed by atoms with Gasteiger partial charge in [-0.25, -0.2) is 9.78 Å². The van der Waals surface area contributed by atoms with E-state index in [-0.39, 0.29) is 17.7 Å². The van der Waals surface area contributed by atoms with Gasteiger partial charge in [0.15, 0.2) is 0 Å². The van der Waals surface area contributed by atoms with Gasteiger partial charge in [0.05, 0.1) is 35.7 Å². The van der Waals surface area contributed by atoms with E-state index in [1.54, 1.807) is 30.2 Å².